The Morgan fingerprint density at radius 2 is 2.18 bits per heavy atom. The van der Waals surface area contributed by atoms with Gasteiger partial charge in [0.1, 0.15) is 11.6 Å². The molecule has 1 saturated heterocycles. The van der Waals surface area contributed by atoms with Crippen molar-refractivity contribution in [3.8, 4) is 11.6 Å². The van der Waals surface area contributed by atoms with Crippen LogP contribution in [-0.4, -0.2) is 36.8 Å². The van der Waals surface area contributed by atoms with Crippen molar-refractivity contribution in [1.29, 1.82) is 0 Å². The molecule has 0 spiro atoms. The SMILES string of the molecule is Cl.Fc1cccc(Oc2ncccc2CNC2CCCC2C2COCCN2)c1. The number of nitrogens with one attached hydrogen (secondary N) is 2. The van der Waals surface area contributed by atoms with Crippen LogP contribution >= 0.6 is 12.4 Å². The molecular weight excluding hydrogens is 381 g/mol. The van der Waals surface area contributed by atoms with Gasteiger partial charge in [-0.1, -0.05) is 18.6 Å². The van der Waals surface area contributed by atoms with E-state index in [1.54, 1.807) is 18.3 Å². The fourth-order valence-electron chi connectivity index (χ4n) is 4.12. The summed E-state index contributed by atoms with van der Waals surface area (Å²) in [5, 5.41) is 7.29. The topological polar surface area (TPSA) is 55.4 Å². The van der Waals surface area contributed by atoms with Crippen molar-refractivity contribution in [3.63, 3.8) is 0 Å². The van der Waals surface area contributed by atoms with E-state index < -0.39 is 0 Å². The Hall–Kier alpha value is -1.73. The van der Waals surface area contributed by atoms with Crippen molar-refractivity contribution in [2.75, 3.05) is 19.8 Å². The lowest BCUT2D eigenvalue weighted by atomic mass is 9.94. The number of rotatable bonds is 6. The summed E-state index contributed by atoms with van der Waals surface area (Å²) in [6, 6.07) is 10.9. The number of hydrogen-bond donors (Lipinski definition) is 2. The predicted octanol–water partition coefficient (Wildman–Crippen LogP) is 3.68. The van der Waals surface area contributed by atoms with Crippen LogP contribution in [0.2, 0.25) is 0 Å². The van der Waals surface area contributed by atoms with Gasteiger partial charge in [-0.2, -0.15) is 0 Å². The van der Waals surface area contributed by atoms with E-state index in [2.05, 4.69) is 15.6 Å². The van der Waals surface area contributed by atoms with E-state index in [1.807, 2.05) is 12.1 Å². The summed E-state index contributed by atoms with van der Waals surface area (Å²) in [6.45, 7) is 3.21. The van der Waals surface area contributed by atoms with E-state index in [4.69, 9.17) is 9.47 Å². The van der Waals surface area contributed by atoms with E-state index in [1.165, 1.54) is 31.4 Å². The van der Waals surface area contributed by atoms with E-state index in [0.717, 1.165) is 25.3 Å². The summed E-state index contributed by atoms with van der Waals surface area (Å²) in [5.41, 5.74) is 0.972. The zero-order valence-electron chi connectivity index (χ0n) is 15.8. The highest BCUT2D eigenvalue weighted by molar-refractivity contribution is 5.85. The summed E-state index contributed by atoms with van der Waals surface area (Å²) in [6.07, 6.45) is 5.32. The molecule has 3 unspecified atom stereocenters. The van der Waals surface area contributed by atoms with Crippen LogP contribution in [-0.2, 0) is 11.3 Å². The van der Waals surface area contributed by atoms with Crippen LogP contribution in [0.3, 0.4) is 0 Å². The van der Waals surface area contributed by atoms with Crippen LogP contribution in [0.5, 0.6) is 11.6 Å². The highest BCUT2D eigenvalue weighted by atomic mass is 35.5. The number of aromatic nitrogens is 1. The normalized spacial score (nSPS) is 24.5. The third kappa shape index (κ3) is 5.20. The molecule has 28 heavy (non-hydrogen) atoms. The molecule has 1 aliphatic carbocycles. The van der Waals surface area contributed by atoms with Gasteiger partial charge in [0.15, 0.2) is 0 Å². The molecular formula is C21H27ClFN3O2. The standard InChI is InChI=1S/C21H26FN3O2.ClH/c22-16-5-1-6-17(12-16)27-21-15(4-3-9-24-21)13-25-19-8-2-7-18(19)20-14-26-11-10-23-20;/h1,3-6,9,12,18-20,23,25H,2,7-8,10-11,13-14H2;1H. The van der Waals surface area contributed by atoms with Crippen molar-refractivity contribution in [2.24, 2.45) is 5.92 Å². The monoisotopic (exact) mass is 407 g/mol. The van der Waals surface area contributed by atoms with Crippen molar-refractivity contribution < 1.29 is 13.9 Å². The Kier molecular flexibility index (Phi) is 7.62. The lowest BCUT2D eigenvalue weighted by Gasteiger charge is -2.33. The number of nitrogens with zero attached hydrogens (tertiary/aromatic N) is 1. The van der Waals surface area contributed by atoms with Gasteiger partial charge in [-0.25, -0.2) is 9.37 Å². The van der Waals surface area contributed by atoms with E-state index in [0.29, 0.717) is 36.2 Å². The minimum atomic E-state index is -0.320. The molecule has 0 amide bonds. The van der Waals surface area contributed by atoms with Gasteiger partial charge >= 0.3 is 0 Å². The Morgan fingerprint density at radius 3 is 3.00 bits per heavy atom. The maximum atomic E-state index is 13.4. The Morgan fingerprint density at radius 1 is 1.25 bits per heavy atom. The van der Waals surface area contributed by atoms with Gasteiger partial charge in [0, 0.05) is 43.0 Å². The van der Waals surface area contributed by atoms with Gasteiger partial charge in [0.05, 0.1) is 13.2 Å². The molecule has 5 nitrogen and oxygen atoms in total. The number of morpholine rings is 1. The molecule has 2 N–H and O–H groups in total. The number of hydrogen-bond acceptors (Lipinski definition) is 5. The van der Waals surface area contributed by atoms with Crippen molar-refractivity contribution in [3.05, 3.63) is 54.0 Å². The molecule has 4 rings (SSSR count). The lowest BCUT2D eigenvalue weighted by Crippen LogP contribution is -2.50. The minimum Gasteiger partial charge on any atom is -0.439 e. The molecule has 1 aromatic carbocycles. The van der Waals surface area contributed by atoms with E-state index in [9.17, 15) is 4.39 Å². The Bertz CT molecular complexity index is 758. The predicted molar refractivity (Wildman–Crippen MR) is 109 cm³/mol. The molecule has 1 saturated carbocycles. The maximum Gasteiger partial charge on any atom is 0.223 e. The number of benzene rings is 1. The van der Waals surface area contributed by atoms with Crippen LogP contribution in [0.15, 0.2) is 42.6 Å². The van der Waals surface area contributed by atoms with Gasteiger partial charge in [0.2, 0.25) is 5.88 Å². The van der Waals surface area contributed by atoms with Gasteiger partial charge in [-0.3, -0.25) is 0 Å². The smallest absolute Gasteiger partial charge is 0.223 e. The minimum absolute atomic E-state index is 0. The van der Waals surface area contributed by atoms with Crippen LogP contribution in [0.1, 0.15) is 24.8 Å². The Labute approximate surface area is 171 Å². The third-order valence-corrected chi connectivity index (χ3v) is 5.45. The first-order chi connectivity index (χ1) is 13.3. The summed E-state index contributed by atoms with van der Waals surface area (Å²) in [4.78, 5) is 4.34. The zero-order valence-corrected chi connectivity index (χ0v) is 16.6. The maximum absolute atomic E-state index is 13.4. The van der Waals surface area contributed by atoms with Crippen molar-refractivity contribution in [1.82, 2.24) is 15.6 Å². The molecule has 0 radical (unpaired) electrons. The average molecular weight is 408 g/mol. The molecule has 152 valence electrons. The molecule has 0 bridgehead atoms. The fourth-order valence-corrected chi connectivity index (χ4v) is 4.12. The first-order valence-corrected chi connectivity index (χ1v) is 9.71. The Balaban J connectivity index is 0.00000225. The van der Waals surface area contributed by atoms with Crippen molar-refractivity contribution in [2.45, 2.75) is 37.9 Å². The average Bonchev–Trinajstić information content (AvgIpc) is 3.17. The summed E-state index contributed by atoms with van der Waals surface area (Å²) in [7, 11) is 0. The van der Waals surface area contributed by atoms with E-state index >= 15 is 0 Å². The molecule has 7 heteroatoms. The number of ether oxygens (including phenoxy) is 2. The van der Waals surface area contributed by atoms with E-state index in [-0.39, 0.29) is 18.2 Å². The highest BCUT2D eigenvalue weighted by Crippen LogP contribution is 2.30. The zero-order chi connectivity index (χ0) is 18.5. The quantitative estimate of drug-likeness (QED) is 0.765. The molecule has 3 atom stereocenters. The first kappa shape index (κ1) is 21.0. The van der Waals surface area contributed by atoms with Gasteiger partial charge < -0.3 is 20.1 Å². The first-order valence-electron chi connectivity index (χ1n) is 9.71. The largest absolute Gasteiger partial charge is 0.439 e. The molecule has 2 fully saturated rings. The molecule has 2 aromatic rings. The number of halogens is 2. The molecule has 1 aromatic heterocycles. The van der Waals surface area contributed by atoms with Gasteiger partial charge in [-0.05, 0) is 37.0 Å². The summed E-state index contributed by atoms with van der Waals surface area (Å²) < 4.78 is 24.9. The van der Waals surface area contributed by atoms with Crippen LogP contribution in [0, 0.1) is 11.7 Å². The number of pyridine rings is 1. The molecule has 2 heterocycles. The fraction of sp³-hybridized carbons (Fsp3) is 0.476. The second-order valence-electron chi connectivity index (χ2n) is 7.24. The highest BCUT2D eigenvalue weighted by Gasteiger charge is 2.34. The van der Waals surface area contributed by atoms with Crippen LogP contribution in [0.25, 0.3) is 0 Å². The summed E-state index contributed by atoms with van der Waals surface area (Å²) >= 11 is 0. The second kappa shape index (κ2) is 10.2. The molecule has 2 aliphatic rings. The lowest BCUT2D eigenvalue weighted by molar-refractivity contribution is 0.0524. The van der Waals surface area contributed by atoms with Crippen LogP contribution in [0.4, 0.5) is 4.39 Å². The molecule has 1 aliphatic heterocycles. The van der Waals surface area contributed by atoms with Crippen molar-refractivity contribution >= 4 is 12.4 Å². The third-order valence-electron chi connectivity index (χ3n) is 5.45. The second-order valence-corrected chi connectivity index (χ2v) is 7.24. The van der Waals surface area contributed by atoms with Crippen LogP contribution < -0.4 is 15.4 Å². The summed E-state index contributed by atoms with van der Waals surface area (Å²) in [5.74, 6) is 1.23. The van der Waals surface area contributed by atoms with Gasteiger partial charge in [-0.15, -0.1) is 12.4 Å². The van der Waals surface area contributed by atoms with Gasteiger partial charge in [0.25, 0.3) is 0 Å².